The highest BCUT2D eigenvalue weighted by atomic mass is 19.1. The van der Waals surface area contributed by atoms with Crippen LogP contribution < -0.4 is 5.32 Å². The van der Waals surface area contributed by atoms with Gasteiger partial charge in [0, 0.05) is 31.9 Å². The van der Waals surface area contributed by atoms with Crippen molar-refractivity contribution >= 4 is 5.82 Å². The summed E-state index contributed by atoms with van der Waals surface area (Å²) in [5.74, 6) is 0.309. The van der Waals surface area contributed by atoms with E-state index in [-0.39, 0.29) is 18.0 Å². The minimum atomic E-state index is -0.338. The molecule has 1 fully saturated rings. The molecule has 0 aromatic carbocycles. The van der Waals surface area contributed by atoms with E-state index in [0.717, 1.165) is 18.7 Å². The minimum Gasteiger partial charge on any atom is -0.373 e. The number of aromatic nitrogens is 3. The van der Waals surface area contributed by atoms with Crippen LogP contribution in [-0.4, -0.2) is 52.0 Å². The molecule has 0 radical (unpaired) electrons. The zero-order valence-corrected chi connectivity index (χ0v) is 13.4. The number of hydrogen-bond acceptors (Lipinski definition) is 5. The van der Waals surface area contributed by atoms with E-state index in [1.165, 1.54) is 12.3 Å². The van der Waals surface area contributed by atoms with Crippen LogP contribution in [-0.2, 0) is 11.8 Å². The molecule has 0 saturated carbocycles. The van der Waals surface area contributed by atoms with Crippen LogP contribution in [0.15, 0.2) is 30.7 Å². The Morgan fingerprint density at radius 1 is 1.39 bits per heavy atom. The first-order valence-corrected chi connectivity index (χ1v) is 7.87. The van der Waals surface area contributed by atoms with E-state index in [1.807, 2.05) is 24.1 Å². The van der Waals surface area contributed by atoms with Gasteiger partial charge in [-0.1, -0.05) is 6.92 Å². The van der Waals surface area contributed by atoms with Crippen LogP contribution in [0.4, 0.5) is 10.2 Å². The van der Waals surface area contributed by atoms with E-state index in [9.17, 15) is 4.39 Å². The zero-order chi connectivity index (χ0) is 16.2. The van der Waals surface area contributed by atoms with Crippen LogP contribution in [0.25, 0.3) is 0 Å². The second-order valence-electron chi connectivity index (χ2n) is 5.67. The van der Waals surface area contributed by atoms with Gasteiger partial charge in [0.1, 0.15) is 11.6 Å². The molecule has 3 rings (SSSR count). The number of morpholine rings is 1. The van der Waals surface area contributed by atoms with Crippen LogP contribution >= 0.6 is 0 Å². The first kappa shape index (κ1) is 15.9. The minimum absolute atomic E-state index is 0.0141. The molecule has 0 spiro atoms. The highest BCUT2D eigenvalue weighted by Gasteiger charge is 2.33. The van der Waals surface area contributed by atoms with Crippen LogP contribution in [0.3, 0.4) is 0 Å². The molecule has 0 bridgehead atoms. The van der Waals surface area contributed by atoms with Gasteiger partial charge in [-0.2, -0.15) is 5.10 Å². The van der Waals surface area contributed by atoms with Crippen LogP contribution in [0.2, 0.25) is 0 Å². The average molecular weight is 319 g/mol. The lowest BCUT2D eigenvalue weighted by Crippen LogP contribution is -2.47. The van der Waals surface area contributed by atoms with Gasteiger partial charge < -0.3 is 10.1 Å². The van der Waals surface area contributed by atoms with E-state index in [4.69, 9.17) is 4.74 Å². The Kier molecular flexibility index (Phi) is 4.88. The maximum atomic E-state index is 12.9. The second kappa shape index (κ2) is 7.06. The Morgan fingerprint density at radius 3 is 2.91 bits per heavy atom. The average Bonchev–Trinajstić information content (AvgIpc) is 3.00. The van der Waals surface area contributed by atoms with Crippen molar-refractivity contribution in [3.63, 3.8) is 0 Å². The van der Waals surface area contributed by atoms with Crippen molar-refractivity contribution in [3.05, 3.63) is 42.1 Å². The standard InChI is InChI=1S/C16H22FN5O/c1-3-22-6-7-23-14(16(22)12-8-20-21(2)11-12)10-19-15-5-4-13(17)9-18-15/h4-5,8-9,11,14,16H,3,6-7,10H2,1-2H3,(H,18,19)/t14-,16-/m0/s1. The van der Waals surface area contributed by atoms with Crippen molar-refractivity contribution < 1.29 is 9.13 Å². The van der Waals surface area contributed by atoms with Crippen LogP contribution in [0.1, 0.15) is 18.5 Å². The molecule has 1 saturated heterocycles. The van der Waals surface area contributed by atoms with E-state index in [0.29, 0.717) is 19.0 Å². The first-order valence-electron chi connectivity index (χ1n) is 7.87. The number of halogens is 1. The SMILES string of the molecule is CCN1CCO[C@@H](CNc2ccc(F)cn2)[C@@H]1c1cnn(C)c1. The van der Waals surface area contributed by atoms with Gasteiger partial charge in [-0.05, 0) is 18.7 Å². The number of aryl methyl sites for hydroxylation is 1. The van der Waals surface area contributed by atoms with Crippen molar-refractivity contribution in [2.45, 2.75) is 19.1 Å². The number of nitrogens with zero attached hydrogens (tertiary/aromatic N) is 4. The molecular formula is C16H22FN5O. The van der Waals surface area contributed by atoms with E-state index < -0.39 is 0 Å². The molecule has 7 heteroatoms. The molecule has 1 aliphatic heterocycles. The number of anilines is 1. The Hall–Kier alpha value is -1.99. The third-order valence-corrected chi connectivity index (χ3v) is 4.14. The highest BCUT2D eigenvalue weighted by Crippen LogP contribution is 2.29. The van der Waals surface area contributed by atoms with Gasteiger partial charge in [-0.3, -0.25) is 9.58 Å². The topological polar surface area (TPSA) is 55.2 Å². The monoisotopic (exact) mass is 319 g/mol. The van der Waals surface area contributed by atoms with Gasteiger partial charge in [0.15, 0.2) is 0 Å². The quantitative estimate of drug-likeness (QED) is 0.911. The molecule has 2 aromatic heterocycles. The Bertz CT molecular complexity index is 630. The normalized spacial score (nSPS) is 22.2. The van der Waals surface area contributed by atoms with E-state index >= 15 is 0 Å². The summed E-state index contributed by atoms with van der Waals surface area (Å²) in [6.45, 7) is 5.32. The molecule has 23 heavy (non-hydrogen) atoms. The Morgan fingerprint density at radius 2 is 2.26 bits per heavy atom. The molecule has 1 aliphatic rings. The summed E-state index contributed by atoms with van der Waals surface area (Å²) in [4.78, 5) is 6.43. The summed E-state index contributed by atoms with van der Waals surface area (Å²) in [6.07, 6.45) is 5.12. The molecule has 2 aromatic rings. The molecule has 3 heterocycles. The predicted octanol–water partition coefficient (Wildman–Crippen LogP) is 1.83. The van der Waals surface area contributed by atoms with Crippen LogP contribution in [0, 0.1) is 5.82 Å². The van der Waals surface area contributed by atoms with Gasteiger partial charge in [-0.25, -0.2) is 9.37 Å². The van der Waals surface area contributed by atoms with Crippen molar-refractivity contribution in [1.82, 2.24) is 19.7 Å². The summed E-state index contributed by atoms with van der Waals surface area (Å²) in [5.41, 5.74) is 1.15. The molecule has 0 aliphatic carbocycles. The Labute approximate surface area is 135 Å². The third-order valence-electron chi connectivity index (χ3n) is 4.14. The lowest BCUT2D eigenvalue weighted by molar-refractivity contribution is -0.0639. The summed E-state index contributed by atoms with van der Waals surface area (Å²) >= 11 is 0. The molecule has 2 atom stereocenters. The second-order valence-corrected chi connectivity index (χ2v) is 5.67. The maximum Gasteiger partial charge on any atom is 0.141 e. The number of likely N-dealkylation sites (N-methyl/N-ethyl adjacent to an activating group) is 1. The molecule has 0 amide bonds. The molecule has 0 unspecified atom stereocenters. The number of nitrogens with one attached hydrogen (secondary N) is 1. The van der Waals surface area contributed by atoms with Crippen molar-refractivity contribution in [2.75, 3.05) is 31.6 Å². The van der Waals surface area contributed by atoms with Crippen LogP contribution in [0.5, 0.6) is 0 Å². The summed E-state index contributed by atoms with van der Waals surface area (Å²) < 4.78 is 20.7. The lowest BCUT2D eigenvalue weighted by Gasteiger charge is -2.40. The molecule has 1 N–H and O–H groups in total. The van der Waals surface area contributed by atoms with Gasteiger partial charge in [0.05, 0.1) is 31.1 Å². The van der Waals surface area contributed by atoms with Gasteiger partial charge >= 0.3 is 0 Å². The fraction of sp³-hybridized carbons (Fsp3) is 0.500. The fourth-order valence-corrected chi connectivity index (χ4v) is 3.02. The fourth-order valence-electron chi connectivity index (χ4n) is 3.02. The maximum absolute atomic E-state index is 12.9. The summed E-state index contributed by atoms with van der Waals surface area (Å²) in [5, 5.41) is 7.52. The third kappa shape index (κ3) is 3.68. The largest absolute Gasteiger partial charge is 0.373 e. The molecular weight excluding hydrogens is 297 g/mol. The molecule has 124 valence electrons. The Balaban J connectivity index is 1.73. The smallest absolute Gasteiger partial charge is 0.141 e. The predicted molar refractivity (Wildman–Crippen MR) is 85.6 cm³/mol. The summed E-state index contributed by atoms with van der Waals surface area (Å²) in [7, 11) is 1.92. The number of hydrogen-bond donors (Lipinski definition) is 1. The van der Waals surface area contributed by atoms with E-state index in [1.54, 1.807) is 6.07 Å². The summed E-state index contributed by atoms with van der Waals surface area (Å²) in [6, 6.07) is 3.18. The number of rotatable bonds is 5. The highest BCUT2D eigenvalue weighted by molar-refractivity contribution is 5.34. The zero-order valence-electron chi connectivity index (χ0n) is 13.4. The first-order chi connectivity index (χ1) is 11.2. The van der Waals surface area contributed by atoms with Crippen molar-refractivity contribution in [1.29, 1.82) is 0 Å². The molecule has 6 nitrogen and oxygen atoms in total. The lowest BCUT2D eigenvalue weighted by atomic mass is 10.0. The van der Waals surface area contributed by atoms with Crippen molar-refractivity contribution in [2.24, 2.45) is 7.05 Å². The number of pyridine rings is 1. The van der Waals surface area contributed by atoms with Gasteiger partial charge in [-0.15, -0.1) is 0 Å². The van der Waals surface area contributed by atoms with Gasteiger partial charge in [0.25, 0.3) is 0 Å². The number of ether oxygens (including phenoxy) is 1. The van der Waals surface area contributed by atoms with Gasteiger partial charge in [0.2, 0.25) is 0 Å². The van der Waals surface area contributed by atoms with E-state index in [2.05, 4.69) is 27.2 Å². The van der Waals surface area contributed by atoms with Crippen molar-refractivity contribution in [3.8, 4) is 0 Å².